The van der Waals surface area contributed by atoms with Crippen molar-refractivity contribution in [2.75, 3.05) is 19.4 Å². The molecule has 1 N–H and O–H groups in total. The molecule has 0 fully saturated rings. The summed E-state index contributed by atoms with van der Waals surface area (Å²) in [6, 6.07) is 15.2. The number of carboxylic acids is 1. The lowest BCUT2D eigenvalue weighted by Crippen LogP contribution is -2.40. The first-order valence-corrected chi connectivity index (χ1v) is 9.42. The number of nitrogens with zero attached hydrogens (tertiary/aromatic N) is 1. The molecule has 2 aromatic carbocycles. The number of benzene rings is 2. The minimum Gasteiger partial charge on any atom is -0.497 e. The summed E-state index contributed by atoms with van der Waals surface area (Å²) in [7, 11) is 1.63. The molecule has 0 spiro atoms. The molecule has 0 aromatic heterocycles. The van der Waals surface area contributed by atoms with Gasteiger partial charge in [-0.05, 0) is 35.4 Å². The Morgan fingerprint density at radius 2 is 1.92 bits per heavy atom. The summed E-state index contributed by atoms with van der Waals surface area (Å²) in [5, 5.41) is 9.50. The van der Waals surface area contributed by atoms with Gasteiger partial charge in [-0.2, -0.15) is 0 Å². The molecule has 26 heavy (non-hydrogen) atoms. The standard InChI is InChI=1S/C20H21NO4S/c1-25-15-6-8-16(9-7-15)26-11-10-19(22)21-12-14-4-2-3-5-17(14)18(13-21)20(23)24/h2-9,18H,10-13H2,1H3,(H,23,24). The number of ether oxygens (including phenoxy) is 1. The van der Waals surface area contributed by atoms with Crippen LogP contribution in [0.15, 0.2) is 53.4 Å². The molecule has 0 aliphatic carbocycles. The van der Waals surface area contributed by atoms with E-state index in [9.17, 15) is 14.7 Å². The van der Waals surface area contributed by atoms with Crippen LogP contribution in [-0.4, -0.2) is 41.3 Å². The molecule has 1 unspecified atom stereocenters. The Kier molecular flexibility index (Phi) is 5.83. The second-order valence-electron chi connectivity index (χ2n) is 6.14. The van der Waals surface area contributed by atoms with Gasteiger partial charge in [0.25, 0.3) is 0 Å². The van der Waals surface area contributed by atoms with Crippen molar-refractivity contribution in [2.45, 2.75) is 23.8 Å². The maximum atomic E-state index is 12.6. The van der Waals surface area contributed by atoms with Gasteiger partial charge in [0, 0.05) is 30.2 Å². The summed E-state index contributed by atoms with van der Waals surface area (Å²) < 4.78 is 5.13. The molecule has 1 amide bonds. The van der Waals surface area contributed by atoms with Crippen molar-refractivity contribution in [3.05, 3.63) is 59.7 Å². The van der Waals surface area contributed by atoms with Crippen molar-refractivity contribution >= 4 is 23.6 Å². The number of fused-ring (bicyclic) bond motifs is 1. The summed E-state index contributed by atoms with van der Waals surface area (Å²) in [6.07, 6.45) is 0.380. The molecule has 1 aliphatic rings. The van der Waals surface area contributed by atoms with E-state index in [0.717, 1.165) is 21.8 Å². The molecule has 2 aromatic rings. The zero-order valence-corrected chi connectivity index (χ0v) is 15.4. The van der Waals surface area contributed by atoms with Crippen LogP contribution in [0, 0.1) is 0 Å². The van der Waals surface area contributed by atoms with Crippen molar-refractivity contribution in [1.29, 1.82) is 0 Å². The van der Waals surface area contributed by atoms with Crippen molar-refractivity contribution in [3.63, 3.8) is 0 Å². The number of carboxylic acid groups (broad SMARTS) is 1. The van der Waals surface area contributed by atoms with E-state index in [1.807, 2.05) is 48.5 Å². The number of carbonyl (C=O) groups is 2. The Morgan fingerprint density at radius 1 is 1.19 bits per heavy atom. The molecule has 0 bridgehead atoms. The molecule has 5 nitrogen and oxygen atoms in total. The fourth-order valence-electron chi connectivity index (χ4n) is 3.09. The van der Waals surface area contributed by atoms with Gasteiger partial charge in [-0.15, -0.1) is 11.8 Å². The van der Waals surface area contributed by atoms with E-state index >= 15 is 0 Å². The van der Waals surface area contributed by atoms with Crippen LogP contribution in [0.3, 0.4) is 0 Å². The van der Waals surface area contributed by atoms with Crippen LogP contribution in [-0.2, 0) is 16.1 Å². The summed E-state index contributed by atoms with van der Waals surface area (Å²) in [5.41, 5.74) is 1.74. The first-order chi connectivity index (χ1) is 12.6. The lowest BCUT2D eigenvalue weighted by atomic mass is 9.89. The van der Waals surface area contributed by atoms with Crippen LogP contribution in [0.2, 0.25) is 0 Å². The van der Waals surface area contributed by atoms with Gasteiger partial charge >= 0.3 is 5.97 Å². The van der Waals surface area contributed by atoms with E-state index in [0.29, 0.717) is 18.7 Å². The summed E-state index contributed by atoms with van der Waals surface area (Å²) in [4.78, 5) is 26.9. The third kappa shape index (κ3) is 4.19. The van der Waals surface area contributed by atoms with Gasteiger partial charge in [0.2, 0.25) is 5.91 Å². The molecule has 1 heterocycles. The topological polar surface area (TPSA) is 66.8 Å². The maximum Gasteiger partial charge on any atom is 0.312 e. The number of carbonyl (C=O) groups excluding carboxylic acids is 1. The van der Waals surface area contributed by atoms with Crippen LogP contribution in [0.4, 0.5) is 0 Å². The highest BCUT2D eigenvalue weighted by atomic mass is 32.2. The predicted molar refractivity (Wildman–Crippen MR) is 101 cm³/mol. The lowest BCUT2D eigenvalue weighted by molar-refractivity contribution is -0.141. The van der Waals surface area contributed by atoms with Gasteiger partial charge in [-0.25, -0.2) is 0 Å². The second-order valence-corrected chi connectivity index (χ2v) is 7.31. The highest BCUT2D eigenvalue weighted by Crippen LogP contribution is 2.29. The highest BCUT2D eigenvalue weighted by Gasteiger charge is 2.32. The average molecular weight is 371 g/mol. The number of amides is 1. The van der Waals surface area contributed by atoms with Gasteiger partial charge in [-0.1, -0.05) is 24.3 Å². The zero-order chi connectivity index (χ0) is 18.5. The van der Waals surface area contributed by atoms with Crippen LogP contribution < -0.4 is 4.74 Å². The van der Waals surface area contributed by atoms with Crippen LogP contribution in [0.25, 0.3) is 0 Å². The molecule has 0 saturated heterocycles. The molecule has 136 valence electrons. The summed E-state index contributed by atoms with van der Waals surface area (Å²) >= 11 is 1.61. The van der Waals surface area contributed by atoms with Gasteiger partial charge in [0.1, 0.15) is 5.75 Å². The van der Waals surface area contributed by atoms with E-state index in [2.05, 4.69) is 0 Å². The Labute approximate surface area is 157 Å². The zero-order valence-electron chi connectivity index (χ0n) is 14.6. The second kappa shape index (κ2) is 8.27. The molecule has 1 aliphatic heterocycles. The molecule has 0 radical (unpaired) electrons. The predicted octanol–water partition coefficient (Wildman–Crippen LogP) is 3.39. The van der Waals surface area contributed by atoms with Gasteiger partial charge in [0.15, 0.2) is 0 Å². The number of hydrogen-bond donors (Lipinski definition) is 1. The van der Waals surface area contributed by atoms with Crippen molar-refractivity contribution in [3.8, 4) is 5.75 Å². The van der Waals surface area contributed by atoms with E-state index in [1.54, 1.807) is 23.8 Å². The molecule has 0 saturated carbocycles. The fraction of sp³-hybridized carbons (Fsp3) is 0.300. The van der Waals surface area contributed by atoms with Crippen molar-refractivity contribution in [2.24, 2.45) is 0 Å². The number of methoxy groups -OCH3 is 1. The van der Waals surface area contributed by atoms with Gasteiger partial charge in [0.05, 0.1) is 13.0 Å². The largest absolute Gasteiger partial charge is 0.497 e. The third-order valence-corrected chi connectivity index (χ3v) is 5.50. The molecular formula is C20H21NO4S. The minimum absolute atomic E-state index is 0.00763. The molecule has 1 atom stereocenters. The van der Waals surface area contributed by atoms with Crippen LogP contribution in [0.5, 0.6) is 5.75 Å². The first kappa shape index (κ1) is 18.3. The van der Waals surface area contributed by atoms with E-state index in [4.69, 9.17) is 4.74 Å². The smallest absolute Gasteiger partial charge is 0.312 e. The van der Waals surface area contributed by atoms with E-state index in [-0.39, 0.29) is 12.5 Å². The van der Waals surface area contributed by atoms with Crippen LogP contribution in [0.1, 0.15) is 23.5 Å². The lowest BCUT2D eigenvalue weighted by Gasteiger charge is -2.32. The number of aliphatic carboxylic acids is 1. The SMILES string of the molecule is COc1ccc(SCCC(=O)N2Cc3ccccc3C(C(=O)O)C2)cc1. The number of thioether (sulfide) groups is 1. The Balaban J connectivity index is 1.58. The Hall–Kier alpha value is -2.47. The third-order valence-electron chi connectivity index (χ3n) is 4.49. The normalized spacial score (nSPS) is 16.0. The first-order valence-electron chi connectivity index (χ1n) is 8.43. The van der Waals surface area contributed by atoms with Crippen LogP contribution >= 0.6 is 11.8 Å². The van der Waals surface area contributed by atoms with Gasteiger partial charge < -0.3 is 14.7 Å². The van der Waals surface area contributed by atoms with Gasteiger partial charge in [-0.3, -0.25) is 9.59 Å². The number of hydrogen-bond acceptors (Lipinski definition) is 4. The minimum atomic E-state index is -0.887. The quantitative estimate of drug-likeness (QED) is 0.789. The molecule has 6 heteroatoms. The maximum absolute atomic E-state index is 12.6. The Bertz CT molecular complexity index is 791. The fourth-order valence-corrected chi connectivity index (χ4v) is 3.94. The summed E-state index contributed by atoms with van der Waals surface area (Å²) in [6.45, 7) is 0.713. The number of rotatable bonds is 6. The van der Waals surface area contributed by atoms with Crippen molar-refractivity contribution < 1.29 is 19.4 Å². The summed E-state index contributed by atoms with van der Waals surface area (Å²) in [5.74, 6) is -0.0919. The highest BCUT2D eigenvalue weighted by molar-refractivity contribution is 7.99. The average Bonchev–Trinajstić information content (AvgIpc) is 2.67. The van der Waals surface area contributed by atoms with E-state index < -0.39 is 11.9 Å². The Morgan fingerprint density at radius 3 is 2.62 bits per heavy atom. The van der Waals surface area contributed by atoms with E-state index in [1.165, 1.54) is 0 Å². The monoisotopic (exact) mass is 371 g/mol. The molecule has 3 rings (SSSR count). The molecular weight excluding hydrogens is 350 g/mol. The van der Waals surface area contributed by atoms with Crippen molar-refractivity contribution in [1.82, 2.24) is 4.90 Å².